The standard InChI is InChI=1S/C25H37F2N3O6S/c1-13(2)7-17(29-23(34)20-10-28-15(5)37-20)19(31)9-16(11-35-24(26)27)22(33)30-18(8-14(3)4)21(32)25(6)12-36-25/h10,13-14,16-18,24H,7-9,11-12H2,1-6H3,(H,29,34)(H,30,33)/t16-,17-,18-,25+/m0/s1. The smallest absolute Gasteiger partial charge is 0.345 e. The summed E-state index contributed by atoms with van der Waals surface area (Å²) >= 11 is 1.18. The van der Waals surface area contributed by atoms with Crippen molar-refractivity contribution >= 4 is 34.7 Å². The summed E-state index contributed by atoms with van der Waals surface area (Å²) < 4.78 is 35.3. The predicted molar refractivity (Wildman–Crippen MR) is 133 cm³/mol. The zero-order valence-corrected chi connectivity index (χ0v) is 23.0. The van der Waals surface area contributed by atoms with Crippen LogP contribution in [0.5, 0.6) is 0 Å². The number of halogens is 2. The summed E-state index contributed by atoms with van der Waals surface area (Å²) in [6.45, 7) is 7.26. The maximum atomic E-state index is 13.2. The highest BCUT2D eigenvalue weighted by Gasteiger charge is 2.50. The number of ketones is 2. The van der Waals surface area contributed by atoms with Gasteiger partial charge in [0.2, 0.25) is 5.91 Å². The molecule has 1 aromatic heterocycles. The lowest BCUT2D eigenvalue weighted by atomic mass is 9.91. The Kier molecular flexibility index (Phi) is 11.3. The molecule has 0 bridgehead atoms. The van der Waals surface area contributed by atoms with Crippen LogP contribution in [-0.4, -0.2) is 65.9 Å². The second-order valence-corrected chi connectivity index (χ2v) is 11.7. The fraction of sp³-hybridized carbons (Fsp3) is 0.720. The Hall–Kier alpha value is -2.31. The first-order valence-electron chi connectivity index (χ1n) is 12.4. The number of carbonyl (C=O) groups is 4. The molecule has 0 radical (unpaired) electrons. The van der Waals surface area contributed by atoms with Crippen molar-refractivity contribution < 1.29 is 37.4 Å². The fourth-order valence-electron chi connectivity index (χ4n) is 3.85. The Morgan fingerprint density at radius 3 is 2.19 bits per heavy atom. The van der Waals surface area contributed by atoms with Gasteiger partial charge in [0, 0.05) is 6.42 Å². The average Bonchev–Trinajstić information content (AvgIpc) is 3.39. The second-order valence-electron chi connectivity index (χ2n) is 10.4. The zero-order valence-electron chi connectivity index (χ0n) is 22.1. The Morgan fingerprint density at radius 2 is 1.70 bits per heavy atom. The zero-order chi connectivity index (χ0) is 27.9. The van der Waals surface area contributed by atoms with Gasteiger partial charge >= 0.3 is 6.61 Å². The summed E-state index contributed by atoms with van der Waals surface area (Å²) in [4.78, 5) is 56.3. The van der Waals surface area contributed by atoms with E-state index in [4.69, 9.17) is 4.74 Å². The summed E-state index contributed by atoms with van der Waals surface area (Å²) in [5, 5.41) is 6.01. The van der Waals surface area contributed by atoms with E-state index in [1.54, 1.807) is 13.8 Å². The first kappa shape index (κ1) is 30.9. The third-order valence-corrected chi connectivity index (χ3v) is 6.84. The van der Waals surface area contributed by atoms with Crippen molar-refractivity contribution in [3.63, 3.8) is 0 Å². The van der Waals surface area contributed by atoms with E-state index in [1.807, 2.05) is 27.7 Å². The van der Waals surface area contributed by atoms with Crippen LogP contribution >= 0.6 is 11.3 Å². The minimum absolute atomic E-state index is 0.0226. The van der Waals surface area contributed by atoms with Gasteiger partial charge in [0.15, 0.2) is 11.6 Å². The first-order chi connectivity index (χ1) is 17.2. The molecule has 9 nitrogen and oxygen atoms in total. The van der Waals surface area contributed by atoms with Gasteiger partial charge in [-0.05, 0) is 38.5 Å². The molecular weight excluding hydrogens is 508 g/mol. The van der Waals surface area contributed by atoms with Crippen molar-refractivity contribution in [1.82, 2.24) is 15.6 Å². The second kappa shape index (κ2) is 13.5. The van der Waals surface area contributed by atoms with E-state index < -0.39 is 60.8 Å². The fourth-order valence-corrected chi connectivity index (χ4v) is 4.53. The monoisotopic (exact) mass is 545 g/mol. The predicted octanol–water partition coefficient (Wildman–Crippen LogP) is 3.30. The lowest BCUT2D eigenvalue weighted by molar-refractivity contribution is -0.152. The van der Waals surface area contributed by atoms with Crippen molar-refractivity contribution in [2.45, 2.75) is 85.1 Å². The number of amides is 2. The largest absolute Gasteiger partial charge is 0.361 e. The Balaban J connectivity index is 2.18. The highest BCUT2D eigenvalue weighted by molar-refractivity contribution is 7.13. The van der Waals surface area contributed by atoms with Crippen LogP contribution in [0.15, 0.2) is 6.20 Å². The first-order valence-corrected chi connectivity index (χ1v) is 13.2. The molecule has 1 aliphatic rings. The summed E-state index contributed by atoms with van der Waals surface area (Å²) in [6.07, 6.45) is 1.57. The lowest BCUT2D eigenvalue weighted by Gasteiger charge is -2.25. The molecule has 0 aliphatic carbocycles. The number of nitrogens with zero attached hydrogens (tertiary/aromatic N) is 1. The number of aromatic nitrogens is 1. The van der Waals surface area contributed by atoms with Gasteiger partial charge in [0.1, 0.15) is 10.5 Å². The molecule has 0 aromatic carbocycles. The Morgan fingerprint density at radius 1 is 1.11 bits per heavy atom. The molecule has 2 amide bonds. The van der Waals surface area contributed by atoms with E-state index in [2.05, 4.69) is 20.4 Å². The van der Waals surface area contributed by atoms with Crippen molar-refractivity contribution in [2.24, 2.45) is 17.8 Å². The van der Waals surface area contributed by atoms with E-state index in [1.165, 1.54) is 17.5 Å². The third kappa shape index (κ3) is 9.82. The molecule has 4 atom stereocenters. The average molecular weight is 546 g/mol. The highest BCUT2D eigenvalue weighted by Crippen LogP contribution is 2.30. The number of alkyl halides is 2. The van der Waals surface area contributed by atoms with E-state index in [-0.39, 0.29) is 30.6 Å². The molecule has 1 aliphatic heterocycles. The minimum atomic E-state index is -3.14. The van der Waals surface area contributed by atoms with Crippen LogP contribution in [0.1, 0.15) is 68.6 Å². The molecule has 208 valence electrons. The van der Waals surface area contributed by atoms with Crippen LogP contribution in [-0.2, 0) is 23.9 Å². The minimum Gasteiger partial charge on any atom is -0.361 e. The number of hydrogen-bond acceptors (Lipinski definition) is 8. The summed E-state index contributed by atoms with van der Waals surface area (Å²) in [6, 6.07) is -1.84. The molecule has 0 saturated carbocycles. The molecule has 37 heavy (non-hydrogen) atoms. The van der Waals surface area contributed by atoms with Gasteiger partial charge in [-0.1, -0.05) is 27.7 Å². The molecule has 1 saturated heterocycles. The van der Waals surface area contributed by atoms with Crippen LogP contribution in [0.2, 0.25) is 0 Å². The summed E-state index contributed by atoms with van der Waals surface area (Å²) in [5.74, 6) is -3.23. The number of epoxide rings is 1. The van der Waals surface area contributed by atoms with E-state index in [0.29, 0.717) is 16.3 Å². The Bertz CT molecular complexity index is 964. The number of thiazole rings is 1. The van der Waals surface area contributed by atoms with Crippen LogP contribution in [0.4, 0.5) is 8.78 Å². The van der Waals surface area contributed by atoms with Gasteiger partial charge < -0.3 is 20.1 Å². The third-order valence-electron chi connectivity index (χ3n) is 5.93. The maximum absolute atomic E-state index is 13.2. The van der Waals surface area contributed by atoms with Gasteiger partial charge in [-0.25, -0.2) is 4.98 Å². The van der Waals surface area contributed by atoms with E-state index in [9.17, 15) is 28.0 Å². The molecule has 12 heteroatoms. The van der Waals surface area contributed by atoms with Crippen molar-refractivity contribution in [2.75, 3.05) is 13.2 Å². The summed E-state index contributed by atoms with van der Waals surface area (Å²) in [5.41, 5.74) is -0.987. The number of rotatable bonds is 16. The van der Waals surface area contributed by atoms with Gasteiger partial charge in [-0.15, -0.1) is 11.3 Å². The maximum Gasteiger partial charge on any atom is 0.345 e. The van der Waals surface area contributed by atoms with Crippen molar-refractivity contribution in [1.29, 1.82) is 0 Å². The number of carbonyl (C=O) groups excluding carboxylic acids is 4. The van der Waals surface area contributed by atoms with Gasteiger partial charge in [-0.2, -0.15) is 8.78 Å². The van der Waals surface area contributed by atoms with Crippen LogP contribution in [0, 0.1) is 24.7 Å². The molecular formula is C25H37F2N3O6S. The van der Waals surface area contributed by atoms with E-state index >= 15 is 0 Å². The SMILES string of the molecule is Cc1ncc(C(=O)N[C@@H](CC(C)C)C(=O)C[C@@H](COC(F)F)C(=O)N[C@@H](CC(C)C)C(=O)[C@@]2(C)CO2)s1. The van der Waals surface area contributed by atoms with Crippen LogP contribution in [0.3, 0.4) is 0 Å². The lowest BCUT2D eigenvalue weighted by Crippen LogP contribution is -2.50. The molecule has 0 spiro atoms. The van der Waals surface area contributed by atoms with Gasteiger partial charge in [0.25, 0.3) is 5.91 Å². The number of aryl methyl sites for hydroxylation is 1. The van der Waals surface area contributed by atoms with Crippen molar-refractivity contribution in [3.8, 4) is 0 Å². The molecule has 0 unspecified atom stereocenters. The number of Topliss-reactive ketones (excluding diaryl/α,β-unsaturated/α-hetero) is 2. The number of hydrogen-bond donors (Lipinski definition) is 2. The van der Waals surface area contributed by atoms with Crippen molar-refractivity contribution in [3.05, 3.63) is 16.1 Å². The van der Waals surface area contributed by atoms with Crippen LogP contribution < -0.4 is 10.6 Å². The molecule has 2 N–H and O–H groups in total. The summed E-state index contributed by atoms with van der Waals surface area (Å²) in [7, 11) is 0. The Labute approximate surface area is 220 Å². The molecule has 1 aromatic rings. The number of ether oxygens (including phenoxy) is 2. The van der Waals surface area contributed by atoms with Gasteiger partial charge in [0.05, 0.1) is 42.4 Å². The molecule has 2 heterocycles. The quantitative estimate of drug-likeness (QED) is 0.305. The normalized spacial score (nSPS) is 19.5. The highest BCUT2D eigenvalue weighted by atomic mass is 32.1. The van der Waals surface area contributed by atoms with Gasteiger partial charge in [-0.3, -0.25) is 19.2 Å². The number of nitrogens with one attached hydrogen (secondary N) is 2. The molecule has 1 fully saturated rings. The topological polar surface area (TPSA) is 127 Å². The van der Waals surface area contributed by atoms with Crippen LogP contribution in [0.25, 0.3) is 0 Å². The molecule has 2 rings (SSSR count). The van der Waals surface area contributed by atoms with E-state index in [0.717, 1.165) is 0 Å².